The molecule has 0 spiro atoms. The van der Waals surface area contributed by atoms with Crippen LogP contribution in [0.2, 0.25) is 0 Å². The second kappa shape index (κ2) is 6.67. The van der Waals surface area contributed by atoms with E-state index < -0.39 is 23.7 Å². The van der Waals surface area contributed by atoms with Crippen LogP contribution in [0.4, 0.5) is 10.1 Å². The molecule has 1 aromatic carbocycles. The molecule has 1 heterocycles. The fraction of sp³-hybridized carbons (Fsp3) is 0.143. The van der Waals surface area contributed by atoms with Crippen molar-refractivity contribution in [1.29, 1.82) is 0 Å². The van der Waals surface area contributed by atoms with Gasteiger partial charge in [0.15, 0.2) is 0 Å². The standard InChI is InChI=1S/C14H13FN2O4/c15-10-3-1-2-4-11(10)17-14(20)13(19)16-7-12(18)9-5-6-21-8-9/h1-6,8,12,18H,7H2,(H,16,19)(H,17,20)/t12-/m0/s1. The molecular formula is C14H13FN2O4. The minimum Gasteiger partial charge on any atom is -0.472 e. The second-order valence-electron chi connectivity index (χ2n) is 4.22. The van der Waals surface area contributed by atoms with Crippen LogP contribution in [0.3, 0.4) is 0 Å². The summed E-state index contributed by atoms with van der Waals surface area (Å²) in [5.74, 6) is -2.63. The molecule has 1 aromatic heterocycles. The van der Waals surface area contributed by atoms with E-state index in [4.69, 9.17) is 4.42 Å². The summed E-state index contributed by atoms with van der Waals surface area (Å²) in [6.45, 7) is -0.164. The van der Waals surface area contributed by atoms with Crippen LogP contribution in [-0.4, -0.2) is 23.5 Å². The zero-order chi connectivity index (χ0) is 15.2. The Bertz CT molecular complexity index is 628. The van der Waals surface area contributed by atoms with Gasteiger partial charge in [-0.3, -0.25) is 9.59 Å². The maximum absolute atomic E-state index is 13.3. The van der Waals surface area contributed by atoms with Gasteiger partial charge in [-0.25, -0.2) is 4.39 Å². The third-order valence-electron chi connectivity index (χ3n) is 2.71. The Labute approximate surface area is 119 Å². The van der Waals surface area contributed by atoms with E-state index in [9.17, 15) is 19.1 Å². The van der Waals surface area contributed by atoms with E-state index in [0.717, 1.165) is 6.07 Å². The van der Waals surface area contributed by atoms with Crippen LogP contribution in [0.25, 0.3) is 0 Å². The Hall–Kier alpha value is -2.67. The SMILES string of the molecule is O=C(NC[C@H](O)c1ccoc1)C(=O)Nc1ccccc1F. The number of aliphatic hydroxyl groups excluding tert-OH is 1. The maximum atomic E-state index is 13.3. The molecule has 0 radical (unpaired) electrons. The van der Waals surface area contributed by atoms with Gasteiger partial charge in [0, 0.05) is 12.1 Å². The largest absolute Gasteiger partial charge is 0.472 e. The first-order valence-corrected chi connectivity index (χ1v) is 6.12. The first-order valence-electron chi connectivity index (χ1n) is 6.12. The molecule has 2 amide bonds. The zero-order valence-corrected chi connectivity index (χ0v) is 10.9. The molecule has 0 aliphatic heterocycles. The normalized spacial score (nSPS) is 11.7. The lowest BCUT2D eigenvalue weighted by molar-refractivity contribution is -0.136. The van der Waals surface area contributed by atoms with Gasteiger partial charge in [-0.1, -0.05) is 12.1 Å². The molecule has 2 rings (SSSR count). The predicted molar refractivity (Wildman–Crippen MR) is 71.7 cm³/mol. The van der Waals surface area contributed by atoms with Gasteiger partial charge in [-0.2, -0.15) is 0 Å². The first kappa shape index (κ1) is 14.7. The summed E-state index contributed by atoms with van der Waals surface area (Å²) in [7, 11) is 0. The molecule has 21 heavy (non-hydrogen) atoms. The molecule has 6 nitrogen and oxygen atoms in total. The zero-order valence-electron chi connectivity index (χ0n) is 10.9. The van der Waals surface area contributed by atoms with Gasteiger partial charge in [-0.15, -0.1) is 0 Å². The van der Waals surface area contributed by atoms with Crippen molar-refractivity contribution in [2.45, 2.75) is 6.10 Å². The third kappa shape index (κ3) is 3.90. The van der Waals surface area contributed by atoms with Crippen LogP contribution in [0.1, 0.15) is 11.7 Å². The van der Waals surface area contributed by atoms with Crippen LogP contribution < -0.4 is 10.6 Å². The minimum absolute atomic E-state index is 0.0898. The Morgan fingerprint density at radius 2 is 2.00 bits per heavy atom. The number of hydrogen-bond donors (Lipinski definition) is 3. The number of anilines is 1. The van der Waals surface area contributed by atoms with Crippen LogP contribution >= 0.6 is 0 Å². The molecule has 0 fully saturated rings. The minimum atomic E-state index is -1.01. The number of furan rings is 1. The van der Waals surface area contributed by atoms with Crippen molar-refractivity contribution < 1.29 is 23.5 Å². The summed E-state index contributed by atoms with van der Waals surface area (Å²) >= 11 is 0. The Morgan fingerprint density at radius 3 is 2.67 bits per heavy atom. The highest BCUT2D eigenvalue weighted by Crippen LogP contribution is 2.13. The van der Waals surface area contributed by atoms with Crippen molar-refractivity contribution in [3.8, 4) is 0 Å². The lowest BCUT2D eigenvalue weighted by atomic mass is 10.2. The van der Waals surface area contributed by atoms with Crippen molar-refractivity contribution in [2.75, 3.05) is 11.9 Å². The number of rotatable bonds is 4. The molecule has 0 aliphatic rings. The third-order valence-corrected chi connectivity index (χ3v) is 2.71. The highest BCUT2D eigenvalue weighted by molar-refractivity contribution is 6.39. The van der Waals surface area contributed by atoms with E-state index in [0.29, 0.717) is 5.56 Å². The number of hydrogen-bond acceptors (Lipinski definition) is 4. The van der Waals surface area contributed by atoms with Gasteiger partial charge in [-0.05, 0) is 18.2 Å². The highest BCUT2D eigenvalue weighted by Gasteiger charge is 2.17. The van der Waals surface area contributed by atoms with Gasteiger partial charge >= 0.3 is 11.8 Å². The number of carbonyl (C=O) groups excluding carboxylic acids is 2. The van der Waals surface area contributed by atoms with E-state index in [1.807, 2.05) is 0 Å². The molecule has 7 heteroatoms. The molecular weight excluding hydrogens is 279 g/mol. The number of para-hydroxylation sites is 1. The lowest BCUT2D eigenvalue weighted by Gasteiger charge is -2.10. The van der Waals surface area contributed by atoms with E-state index in [-0.39, 0.29) is 12.2 Å². The van der Waals surface area contributed by atoms with E-state index in [2.05, 4.69) is 10.6 Å². The van der Waals surface area contributed by atoms with Crippen LogP contribution in [0.5, 0.6) is 0 Å². The fourth-order valence-electron chi connectivity index (χ4n) is 1.59. The van der Waals surface area contributed by atoms with Crippen LogP contribution in [-0.2, 0) is 9.59 Å². The Balaban J connectivity index is 1.86. The fourth-order valence-corrected chi connectivity index (χ4v) is 1.59. The van der Waals surface area contributed by atoms with E-state index in [1.54, 1.807) is 0 Å². The lowest BCUT2D eigenvalue weighted by Crippen LogP contribution is -2.37. The van der Waals surface area contributed by atoms with Gasteiger partial charge in [0.2, 0.25) is 0 Å². The number of nitrogens with one attached hydrogen (secondary N) is 2. The second-order valence-corrected chi connectivity index (χ2v) is 4.22. The number of halogens is 1. The van der Waals surface area contributed by atoms with Crippen molar-refractivity contribution in [1.82, 2.24) is 5.32 Å². The summed E-state index contributed by atoms with van der Waals surface area (Å²) in [5.41, 5.74) is 0.387. The van der Waals surface area contributed by atoms with E-state index >= 15 is 0 Å². The topological polar surface area (TPSA) is 91.6 Å². The summed E-state index contributed by atoms with van der Waals surface area (Å²) in [6.07, 6.45) is 1.72. The molecule has 0 saturated carbocycles. The maximum Gasteiger partial charge on any atom is 0.313 e. The average molecular weight is 292 g/mol. The number of amides is 2. The summed E-state index contributed by atoms with van der Waals surface area (Å²) in [6, 6.07) is 7.03. The van der Waals surface area contributed by atoms with Crippen molar-refractivity contribution >= 4 is 17.5 Å². The molecule has 0 saturated heterocycles. The smallest absolute Gasteiger partial charge is 0.313 e. The first-order chi connectivity index (χ1) is 10.1. The Morgan fingerprint density at radius 1 is 1.24 bits per heavy atom. The van der Waals surface area contributed by atoms with Gasteiger partial charge in [0.1, 0.15) is 5.82 Å². The molecule has 3 N–H and O–H groups in total. The van der Waals surface area contributed by atoms with Crippen molar-refractivity contribution in [3.63, 3.8) is 0 Å². The summed E-state index contributed by atoms with van der Waals surface area (Å²) in [5, 5.41) is 14.1. The number of benzene rings is 1. The van der Waals surface area contributed by atoms with Crippen molar-refractivity contribution in [2.24, 2.45) is 0 Å². The quantitative estimate of drug-likeness (QED) is 0.739. The van der Waals surface area contributed by atoms with Crippen LogP contribution in [0.15, 0.2) is 47.3 Å². The van der Waals surface area contributed by atoms with E-state index in [1.165, 1.54) is 36.8 Å². The summed E-state index contributed by atoms with van der Waals surface area (Å²) < 4.78 is 18.1. The monoisotopic (exact) mass is 292 g/mol. The van der Waals surface area contributed by atoms with Gasteiger partial charge in [0.25, 0.3) is 0 Å². The molecule has 1 atom stereocenters. The number of carbonyl (C=O) groups is 2. The average Bonchev–Trinajstić information content (AvgIpc) is 3.01. The number of aliphatic hydroxyl groups is 1. The molecule has 0 bridgehead atoms. The predicted octanol–water partition coefficient (Wildman–Crippen LogP) is 1.21. The van der Waals surface area contributed by atoms with Crippen LogP contribution in [0, 0.1) is 5.82 Å². The Kier molecular flexibility index (Phi) is 4.68. The highest BCUT2D eigenvalue weighted by atomic mass is 19.1. The molecule has 0 aliphatic carbocycles. The molecule has 0 unspecified atom stereocenters. The molecule has 2 aromatic rings. The van der Waals surface area contributed by atoms with Gasteiger partial charge < -0.3 is 20.2 Å². The molecule has 110 valence electrons. The van der Waals surface area contributed by atoms with Gasteiger partial charge in [0.05, 0.1) is 24.3 Å². The van der Waals surface area contributed by atoms with Crippen molar-refractivity contribution in [3.05, 3.63) is 54.2 Å². The summed E-state index contributed by atoms with van der Waals surface area (Å²) in [4.78, 5) is 23.1.